The van der Waals surface area contributed by atoms with Crippen molar-refractivity contribution < 1.29 is 19.0 Å². The van der Waals surface area contributed by atoms with E-state index in [1.807, 2.05) is 32.0 Å². The van der Waals surface area contributed by atoms with Gasteiger partial charge in [0.15, 0.2) is 0 Å². The number of ether oxygens (including phenoxy) is 3. The molecule has 1 heterocycles. The highest BCUT2D eigenvalue weighted by atomic mass is 16.5. The number of esters is 1. The number of hydrogen-bond acceptors (Lipinski definition) is 5. The number of rotatable bonds is 7. The standard InChI is InChI=1S/C18H27NO4/c1-4-22-18(20)17-13(2)19-9-8-16(17)14-6-5-7-15(12-14)23-11-10-21-3/h5-7,12-13,16-17,19H,4,8-11H2,1-3H3/t13-,16+,17+/m0/s1. The Bertz CT molecular complexity index is 506. The molecule has 1 aromatic rings. The second-order valence-electron chi connectivity index (χ2n) is 5.83. The predicted molar refractivity (Wildman–Crippen MR) is 88.8 cm³/mol. The van der Waals surface area contributed by atoms with Crippen molar-refractivity contribution >= 4 is 5.97 Å². The molecule has 0 amide bonds. The molecule has 0 bridgehead atoms. The first-order valence-electron chi connectivity index (χ1n) is 8.29. The van der Waals surface area contributed by atoms with E-state index in [0.29, 0.717) is 19.8 Å². The third kappa shape index (κ3) is 4.69. The van der Waals surface area contributed by atoms with Crippen LogP contribution in [0.2, 0.25) is 0 Å². The van der Waals surface area contributed by atoms with Crippen molar-refractivity contribution in [2.24, 2.45) is 5.92 Å². The van der Waals surface area contributed by atoms with Gasteiger partial charge in [-0.2, -0.15) is 0 Å². The van der Waals surface area contributed by atoms with Gasteiger partial charge in [-0.05, 0) is 44.5 Å². The molecule has 1 fully saturated rings. The van der Waals surface area contributed by atoms with Gasteiger partial charge in [0.05, 0.1) is 19.1 Å². The smallest absolute Gasteiger partial charge is 0.311 e. The van der Waals surface area contributed by atoms with Crippen LogP contribution >= 0.6 is 0 Å². The van der Waals surface area contributed by atoms with Crippen LogP contribution in [0.4, 0.5) is 0 Å². The summed E-state index contributed by atoms with van der Waals surface area (Å²) in [5.74, 6) is 0.672. The highest BCUT2D eigenvalue weighted by Gasteiger charge is 2.38. The van der Waals surface area contributed by atoms with Gasteiger partial charge >= 0.3 is 5.97 Å². The van der Waals surface area contributed by atoms with E-state index < -0.39 is 0 Å². The van der Waals surface area contributed by atoms with Gasteiger partial charge < -0.3 is 19.5 Å². The number of carbonyl (C=O) groups is 1. The molecule has 3 atom stereocenters. The Morgan fingerprint density at radius 3 is 2.91 bits per heavy atom. The lowest BCUT2D eigenvalue weighted by atomic mass is 9.77. The zero-order valence-electron chi connectivity index (χ0n) is 14.2. The minimum absolute atomic E-state index is 0.103. The van der Waals surface area contributed by atoms with Crippen LogP contribution in [-0.4, -0.2) is 45.5 Å². The number of benzene rings is 1. The summed E-state index contributed by atoms with van der Waals surface area (Å²) in [6, 6.07) is 8.11. The van der Waals surface area contributed by atoms with Gasteiger partial charge in [0, 0.05) is 19.1 Å². The fourth-order valence-electron chi connectivity index (χ4n) is 3.18. The fraction of sp³-hybridized carbons (Fsp3) is 0.611. The van der Waals surface area contributed by atoms with Crippen molar-refractivity contribution in [1.29, 1.82) is 0 Å². The molecule has 1 aliphatic rings. The molecule has 1 aliphatic heterocycles. The second-order valence-corrected chi connectivity index (χ2v) is 5.83. The van der Waals surface area contributed by atoms with E-state index in [1.54, 1.807) is 7.11 Å². The maximum atomic E-state index is 12.4. The van der Waals surface area contributed by atoms with Gasteiger partial charge in [0.1, 0.15) is 12.4 Å². The van der Waals surface area contributed by atoms with Crippen molar-refractivity contribution in [3.8, 4) is 5.75 Å². The zero-order valence-corrected chi connectivity index (χ0v) is 14.2. The summed E-state index contributed by atoms with van der Waals surface area (Å²) >= 11 is 0. The van der Waals surface area contributed by atoms with Crippen LogP contribution in [0, 0.1) is 5.92 Å². The fourth-order valence-corrected chi connectivity index (χ4v) is 3.18. The second kappa shape index (κ2) is 8.89. The molecule has 0 radical (unpaired) electrons. The maximum absolute atomic E-state index is 12.4. The molecule has 1 N–H and O–H groups in total. The van der Waals surface area contributed by atoms with Crippen LogP contribution in [0.3, 0.4) is 0 Å². The Labute approximate surface area is 138 Å². The zero-order chi connectivity index (χ0) is 16.7. The number of methoxy groups -OCH3 is 1. The highest BCUT2D eigenvalue weighted by Crippen LogP contribution is 2.35. The molecule has 128 valence electrons. The number of nitrogens with one attached hydrogen (secondary N) is 1. The summed E-state index contributed by atoms with van der Waals surface area (Å²) < 4.78 is 16.0. The molecule has 2 rings (SSSR count). The molecule has 5 nitrogen and oxygen atoms in total. The van der Waals surface area contributed by atoms with Gasteiger partial charge in [0.2, 0.25) is 0 Å². The average molecular weight is 321 g/mol. The molecular weight excluding hydrogens is 294 g/mol. The van der Waals surface area contributed by atoms with Crippen molar-refractivity contribution in [2.45, 2.75) is 32.2 Å². The van der Waals surface area contributed by atoms with E-state index in [2.05, 4.69) is 11.4 Å². The number of carbonyl (C=O) groups excluding carboxylic acids is 1. The summed E-state index contributed by atoms with van der Waals surface area (Å²) in [6.45, 7) is 6.28. The van der Waals surface area contributed by atoms with Crippen molar-refractivity contribution in [1.82, 2.24) is 5.32 Å². The molecule has 0 aromatic heterocycles. The molecule has 1 aromatic carbocycles. The van der Waals surface area contributed by atoms with Crippen LogP contribution in [0.15, 0.2) is 24.3 Å². The van der Waals surface area contributed by atoms with Gasteiger partial charge in [-0.15, -0.1) is 0 Å². The largest absolute Gasteiger partial charge is 0.491 e. The summed E-state index contributed by atoms with van der Waals surface area (Å²) in [7, 11) is 1.65. The first-order valence-corrected chi connectivity index (χ1v) is 8.29. The Balaban J connectivity index is 2.16. The molecule has 1 saturated heterocycles. The van der Waals surface area contributed by atoms with Crippen LogP contribution < -0.4 is 10.1 Å². The summed E-state index contributed by atoms with van der Waals surface area (Å²) in [5, 5.41) is 3.38. The maximum Gasteiger partial charge on any atom is 0.311 e. The molecule has 0 unspecified atom stereocenters. The van der Waals surface area contributed by atoms with E-state index >= 15 is 0 Å². The summed E-state index contributed by atoms with van der Waals surface area (Å²) in [4.78, 5) is 12.4. The van der Waals surface area contributed by atoms with Gasteiger partial charge in [0.25, 0.3) is 0 Å². The van der Waals surface area contributed by atoms with Crippen molar-refractivity contribution in [3.05, 3.63) is 29.8 Å². The lowest BCUT2D eigenvalue weighted by Crippen LogP contribution is -2.47. The Morgan fingerprint density at radius 2 is 2.17 bits per heavy atom. The quantitative estimate of drug-likeness (QED) is 0.617. The monoisotopic (exact) mass is 321 g/mol. The molecular formula is C18H27NO4. The van der Waals surface area contributed by atoms with Gasteiger partial charge in [-0.3, -0.25) is 4.79 Å². The average Bonchev–Trinajstić information content (AvgIpc) is 2.55. The van der Waals surface area contributed by atoms with Gasteiger partial charge in [-0.1, -0.05) is 12.1 Å². The predicted octanol–water partition coefficient (Wildman–Crippen LogP) is 2.36. The van der Waals surface area contributed by atoms with Crippen LogP contribution in [0.5, 0.6) is 5.75 Å². The normalized spacial score (nSPS) is 24.2. The van der Waals surface area contributed by atoms with Gasteiger partial charge in [-0.25, -0.2) is 0 Å². The van der Waals surface area contributed by atoms with E-state index in [9.17, 15) is 4.79 Å². The summed E-state index contributed by atoms with van der Waals surface area (Å²) in [5.41, 5.74) is 1.13. The SMILES string of the molecule is CCOC(=O)[C@@H]1[C@H](C)NCC[C@@H]1c1cccc(OCCOC)c1. The Hall–Kier alpha value is -1.59. The topological polar surface area (TPSA) is 56.8 Å². The molecule has 5 heteroatoms. The number of hydrogen-bond donors (Lipinski definition) is 1. The van der Waals surface area contributed by atoms with Crippen LogP contribution in [0.25, 0.3) is 0 Å². The molecule has 0 saturated carbocycles. The van der Waals surface area contributed by atoms with E-state index in [4.69, 9.17) is 14.2 Å². The Kier molecular flexibility index (Phi) is 6.86. The lowest BCUT2D eigenvalue weighted by molar-refractivity contribution is -0.150. The number of piperidine rings is 1. The first-order chi connectivity index (χ1) is 11.2. The van der Waals surface area contributed by atoms with Crippen molar-refractivity contribution in [3.63, 3.8) is 0 Å². The molecule has 0 spiro atoms. The minimum atomic E-state index is -0.169. The lowest BCUT2D eigenvalue weighted by Gasteiger charge is -2.36. The van der Waals surface area contributed by atoms with E-state index in [1.165, 1.54) is 0 Å². The van der Waals surface area contributed by atoms with Crippen LogP contribution in [-0.2, 0) is 14.3 Å². The molecule has 0 aliphatic carbocycles. The summed E-state index contributed by atoms with van der Waals surface area (Å²) in [6.07, 6.45) is 0.912. The van der Waals surface area contributed by atoms with Crippen LogP contribution in [0.1, 0.15) is 31.7 Å². The third-order valence-electron chi connectivity index (χ3n) is 4.30. The minimum Gasteiger partial charge on any atom is -0.491 e. The first kappa shape index (κ1) is 17.8. The third-order valence-corrected chi connectivity index (χ3v) is 4.30. The molecule has 23 heavy (non-hydrogen) atoms. The highest BCUT2D eigenvalue weighted by molar-refractivity contribution is 5.75. The Morgan fingerprint density at radius 1 is 1.35 bits per heavy atom. The van der Waals surface area contributed by atoms with E-state index in [-0.39, 0.29) is 23.8 Å². The van der Waals surface area contributed by atoms with Crippen molar-refractivity contribution in [2.75, 3.05) is 33.5 Å². The van der Waals surface area contributed by atoms with E-state index in [0.717, 1.165) is 24.3 Å².